The van der Waals surface area contributed by atoms with Crippen LogP contribution in [0.4, 0.5) is 0 Å². The van der Waals surface area contributed by atoms with Crippen molar-refractivity contribution in [3.8, 4) is 0 Å². The summed E-state index contributed by atoms with van der Waals surface area (Å²) in [7, 11) is 0. The van der Waals surface area contributed by atoms with Crippen molar-refractivity contribution in [3.05, 3.63) is 0 Å². The number of carbonyl (C=O) groups excluding carboxylic acids is 1. The number of carbonyl (C=O) groups is 4. The molecule has 0 saturated heterocycles. The van der Waals surface area contributed by atoms with Gasteiger partial charge in [-0.25, -0.2) is 14.4 Å². The van der Waals surface area contributed by atoms with Gasteiger partial charge in [0.2, 0.25) is 0 Å². The zero-order valence-corrected chi connectivity index (χ0v) is 12.8. The molecule has 14 heavy (non-hydrogen) atoms. The second-order valence-corrected chi connectivity index (χ2v) is 1.20. The molecule has 0 aromatic rings. The number of aliphatic carboxylic acids is 4. The Morgan fingerprint density at radius 2 is 0.929 bits per heavy atom. The van der Waals surface area contributed by atoms with E-state index >= 15 is 0 Å². The second-order valence-electron chi connectivity index (χ2n) is 1.20. The fourth-order valence-corrected chi connectivity index (χ4v) is 0. The van der Waals surface area contributed by atoms with Gasteiger partial charge in [-0.1, -0.05) is 0 Å². The maximum atomic E-state index is 9.10. The van der Waals surface area contributed by atoms with Gasteiger partial charge < -0.3 is 25.2 Å². The molecule has 0 aliphatic carbocycles. The quantitative estimate of drug-likeness (QED) is 0.294. The molecular formula is C4H3FeO8Rb. The third-order valence-corrected chi connectivity index (χ3v) is 0.358. The van der Waals surface area contributed by atoms with Crippen molar-refractivity contribution in [2.75, 3.05) is 0 Å². The molecule has 0 fully saturated rings. The van der Waals surface area contributed by atoms with E-state index in [1.807, 2.05) is 0 Å². The van der Waals surface area contributed by atoms with Gasteiger partial charge in [0.15, 0.2) is 5.97 Å². The Morgan fingerprint density at radius 3 is 0.929 bits per heavy atom. The van der Waals surface area contributed by atoms with Crippen molar-refractivity contribution in [3.63, 3.8) is 0 Å². The third kappa shape index (κ3) is 22.8. The van der Waals surface area contributed by atoms with Crippen molar-refractivity contribution in [2.45, 2.75) is 0 Å². The average molecular weight is 320 g/mol. The van der Waals surface area contributed by atoms with Crippen molar-refractivity contribution in [1.29, 1.82) is 0 Å². The monoisotopic (exact) mass is 320 g/mol. The minimum atomic E-state index is -2.07. The van der Waals surface area contributed by atoms with Crippen molar-refractivity contribution in [2.24, 2.45) is 0 Å². The third-order valence-electron chi connectivity index (χ3n) is 0.358. The number of hydrogen-bond donors (Lipinski definition) is 3. The van der Waals surface area contributed by atoms with Crippen LogP contribution in [0.15, 0.2) is 0 Å². The molecule has 0 amide bonds. The fraction of sp³-hybridized carbons (Fsp3) is 0. The first kappa shape index (κ1) is 23.8. The van der Waals surface area contributed by atoms with E-state index in [1.54, 1.807) is 0 Å². The van der Waals surface area contributed by atoms with E-state index in [-0.39, 0.29) is 75.3 Å². The molecule has 76 valence electrons. The van der Waals surface area contributed by atoms with E-state index in [2.05, 4.69) is 0 Å². The Bertz CT molecular complexity index is 177. The minimum Gasteiger partial charge on any atom is -0.539 e. The summed E-state index contributed by atoms with van der Waals surface area (Å²) < 4.78 is 0. The van der Waals surface area contributed by atoms with Crippen LogP contribution in [0.3, 0.4) is 0 Å². The van der Waals surface area contributed by atoms with Gasteiger partial charge in [0.25, 0.3) is 0 Å². The zero-order chi connectivity index (χ0) is 10.3. The Balaban J connectivity index is -0.0000000625. The van der Waals surface area contributed by atoms with E-state index in [0.717, 1.165) is 0 Å². The molecule has 0 unspecified atom stereocenters. The molecule has 0 aliphatic rings. The minimum absolute atomic E-state index is 0. The Labute approximate surface area is 137 Å². The predicted molar refractivity (Wildman–Crippen MR) is 27.9 cm³/mol. The molecule has 3 N–H and O–H groups in total. The van der Waals surface area contributed by atoms with E-state index in [4.69, 9.17) is 39.6 Å². The van der Waals surface area contributed by atoms with Crippen LogP contribution in [-0.4, -0.2) is 39.2 Å². The van der Waals surface area contributed by atoms with Crippen LogP contribution in [0.1, 0.15) is 0 Å². The molecular weight excluding hydrogens is 317 g/mol. The van der Waals surface area contributed by atoms with Gasteiger partial charge in [-0.05, 0) is 0 Å². The number of carboxylic acid groups (broad SMARTS) is 4. The summed E-state index contributed by atoms with van der Waals surface area (Å²) in [5, 5.41) is 31.1. The molecule has 0 heterocycles. The number of carboxylic acids is 4. The Kier molecular flexibility index (Phi) is 22.4. The maximum Gasteiger partial charge on any atom is 1.00 e. The normalized spacial score (nSPS) is 6.29. The van der Waals surface area contributed by atoms with Crippen LogP contribution in [0.5, 0.6) is 0 Å². The molecule has 0 bridgehead atoms. The van der Waals surface area contributed by atoms with Crippen LogP contribution < -0.4 is 63.3 Å². The summed E-state index contributed by atoms with van der Waals surface area (Å²) in [6, 6.07) is 0. The summed E-state index contributed by atoms with van der Waals surface area (Å²) in [4.78, 5) is 36.2. The first-order valence-electron chi connectivity index (χ1n) is 2.19. The summed E-state index contributed by atoms with van der Waals surface area (Å²) in [5.41, 5.74) is 0. The Hall–Kier alpha value is 0.205. The second kappa shape index (κ2) is 13.2. The van der Waals surface area contributed by atoms with Crippen LogP contribution in [0.25, 0.3) is 0 Å². The van der Waals surface area contributed by atoms with Gasteiger partial charge in [0.1, 0.15) is 0 Å². The molecule has 0 spiro atoms. The first-order chi connectivity index (χ1) is 5.29. The van der Waals surface area contributed by atoms with Gasteiger partial charge in [-0.2, -0.15) is 0 Å². The standard InChI is InChI=1S/2C2H2O4.Fe.Rb/c2*3-1(4)2(5)6;;/h2*(H,3,4)(H,5,6);;/q;;;+1/p-1. The SMILES string of the molecule is O=C(O)C(=O)O.O=C([O-])C(=O)O.[Fe].[Rb+]. The molecule has 0 aliphatic heterocycles. The van der Waals surface area contributed by atoms with E-state index in [1.165, 1.54) is 0 Å². The molecule has 0 rings (SSSR count). The number of hydrogen-bond acceptors (Lipinski definition) is 5. The topological polar surface area (TPSA) is 152 Å². The van der Waals surface area contributed by atoms with Crippen LogP contribution >= 0.6 is 0 Å². The molecule has 8 nitrogen and oxygen atoms in total. The van der Waals surface area contributed by atoms with Crippen LogP contribution in [0.2, 0.25) is 0 Å². The van der Waals surface area contributed by atoms with Crippen molar-refractivity contribution in [1.82, 2.24) is 0 Å². The zero-order valence-electron chi connectivity index (χ0n) is 6.74. The molecule has 10 heteroatoms. The summed E-state index contributed by atoms with van der Waals surface area (Å²) >= 11 is 0. The molecule has 0 atom stereocenters. The van der Waals surface area contributed by atoms with Gasteiger partial charge in [0, 0.05) is 17.1 Å². The molecule has 0 saturated carbocycles. The molecule has 0 radical (unpaired) electrons. The van der Waals surface area contributed by atoms with E-state index in [9.17, 15) is 0 Å². The van der Waals surface area contributed by atoms with Gasteiger partial charge in [-0.3, -0.25) is 0 Å². The smallest absolute Gasteiger partial charge is 0.539 e. The first-order valence-corrected chi connectivity index (χ1v) is 2.19. The molecule has 0 aromatic heterocycles. The summed E-state index contributed by atoms with van der Waals surface area (Å²) in [5.74, 6) is -7.66. The average Bonchev–Trinajstić information content (AvgIpc) is 1.88. The number of rotatable bonds is 0. The summed E-state index contributed by atoms with van der Waals surface area (Å²) in [6.07, 6.45) is 0. The fourth-order valence-electron chi connectivity index (χ4n) is 0. The predicted octanol–water partition coefficient (Wildman–Crippen LogP) is -6.02. The van der Waals surface area contributed by atoms with Gasteiger partial charge in [-0.15, -0.1) is 0 Å². The molecule has 0 aromatic carbocycles. The van der Waals surface area contributed by atoms with Gasteiger partial charge >= 0.3 is 76.1 Å². The van der Waals surface area contributed by atoms with Crippen molar-refractivity contribution < 1.29 is 115 Å². The summed E-state index contributed by atoms with van der Waals surface area (Å²) in [6.45, 7) is 0. The van der Waals surface area contributed by atoms with Gasteiger partial charge in [0.05, 0.1) is 0 Å². The van der Waals surface area contributed by atoms with Crippen molar-refractivity contribution >= 4 is 23.9 Å². The van der Waals surface area contributed by atoms with E-state index < -0.39 is 23.9 Å². The van der Waals surface area contributed by atoms with E-state index in [0.29, 0.717) is 0 Å². The maximum absolute atomic E-state index is 9.10. The Morgan fingerprint density at radius 1 is 0.786 bits per heavy atom. The largest absolute Gasteiger partial charge is 1.00 e. The van der Waals surface area contributed by atoms with Crippen LogP contribution in [-0.2, 0) is 36.2 Å². The van der Waals surface area contributed by atoms with Crippen LogP contribution in [0, 0.1) is 0 Å².